The van der Waals surface area contributed by atoms with Gasteiger partial charge in [-0.1, -0.05) is 55.6 Å². The molecule has 0 aliphatic carbocycles. The molecule has 0 spiro atoms. The van der Waals surface area contributed by atoms with Crippen molar-refractivity contribution >= 4 is 46.5 Å². The number of aromatic nitrogens is 2. The Kier molecular flexibility index (Phi) is 4.61. The van der Waals surface area contributed by atoms with Crippen LogP contribution < -0.4 is 10.9 Å². The van der Waals surface area contributed by atoms with Crippen LogP contribution in [0.3, 0.4) is 0 Å². The van der Waals surface area contributed by atoms with Gasteiger partial charge in [-0.05, 0) is 12.1 Å². The largest absolute Gasteiger partial charge is 0.311 e. The van der Waals surface area contributed by atoms with Crippen LogP contribution in [0, 0.1) is 5.41 Å². The number of carbonyl (C=O) groups excluding carboxylic acids is 1. The molecule has 1 amide bonds. The quantitative estimate of drug-likeness (QED) is 0.844. The summed E-state index contributed by atoms with van der Waals surface area (Å²) in [5.41, 5.74) is -0.724. The highest BCUT2D eigenvalue weighted by Gasteiger charge is 2.22. The molecule has 5 nitrogen and oxygen atoms in total. The third-order valence-corrected chi connectivity index (χ3v) is 3.65. The van der Waals surface area contributed by atoms with Gasteiger partial charge in [0.15, 0.2) is 0 Å². The third-order valence-electron chi connectivity index (χ3n) is 2.86. The zero-order chi connectivity index (χ0) is 16.7. The molecule has 0 radical (unpaired) electrons. The molecule has 0 bridgehead atoms. The minimum Gasteiger partial charge on any atom is -0.311 e. The highest BCUT2D eigenvalue weighted by molar-refractivity contribution is 6.40. The van der Waals surface area contributed by atoms with Gasteiger partial charge in [0.05, 0.1) is 10.0 Å². The van der Waals surface area contributed by atoms with Crippen molar-refractivity contribution < 1.29 is 4.79 Å². The van der Waals surface area contributed by atoms with Crippen LogP contribution in [-0.2, 0) is 4.79 Å². The monoisotopic (exact) mass is 361 g/mol. The molecule has 2 N–H and O–H groups in total. The molecule has 1 aromatic heterocycles. The van der Waals surface area contributed by atoms with Crippen molar-refractivity contribution in [1.82, 2.24) is 9.78 Å². The number of halogens is 3. The number of nitrogens with one attached hydrogen (secondary N) is 2. The smallest absolute Gasteiger partial charge is 0.273 e. The van der Waals surface area contributed by atoms with Crippen molar-refractivity contribution in [2.45, 2.75) is 20.8 Å². The van der Waals surface area contributed by atoms with Gasteiger partial charge in [-0.15, -0.1) is 0 Å². The first kappa shape index (κ1) is 16.9. The number of anilines is 1. The van der Waals surface area contributed by atoms with Crippen LogP contribution in [0.25, 0.3) is 5.69 Å². The van der Waals surface area contributed by atoms with Crippen LogP contribution in [-0.4, -0.2) is 15.7 Å². The molecule has 0 aliphatic heterocycles. The summed E-state index contributed by atoms with van der Waals surface area (Å²) in [5, 5.41) is 6.19. The molecule has 0 saturated carbocycles. The van der Waals surface area contributed by atoms with E-state index in [9.17, 15) is 9.59 Å². The molecule has 1 aromatic carbocycles. The van der Waals surface area contributed by atoms with Gasteiger partial charge in [-0.3, -0.25) is 14.7 Å². The van der Waals surface area contributed by atoms with E-state index in [1.807, 2.05) is 0 Å². The zero-order valence-corrected chi connectivity index (χ0v) is 14.4. The molecule has 2 aromatic rings. The fourth-order valence-corrected chi connectivity index (χ4v) is 2.67. The second-order valence-electron chi connectivity index (χ2n) is 5.77. The van der Waals surface area contributed by atoms with Crippen molar-refractivity contribution in [3.8, 4) is 5.69 Å². The first-order valence-electron chi connectivity index (χ1n) is 6.38. The highest BCUT2D eigenvalue weighted by atomic mass is 35.5. The number of benzene rings is 1. The maximum atomic E-state index is 12.1. The lowest BCUT2D eigenvalue weighted by Gasteiger charge is -2.16. The van der Waals surface area contributed by atoms with E-state index in [2.05, 4.69) is 10.4 Å². The molecule has 0 aliphatic rings. The van der Waals surface area contributed by atoms with Gasteiger partial charge in [0.1, 0.15) is 11.5 Å². The molecule has 2 rings (SSSR count). The Labute approximate surface area is 142 Å². The topological polar surface area (TPSA) is 66.9 Å². The summed E-state index contributed by atoms with van der Waals surface area (Å²) < 4.78 is 1.15. The van der Waals surface area contributed by atoms with Crippen molar-refractivity contribution in [2.75, 3.05) is 5.32 Å². The molecular formula is C14H14Cl3N3O2. The van der Waals surface area contributed by atoms with E-state index in [4.69, 9.17) is 34.8 Å². The Hall–Kier alpha value is -1.43. The third kappa shape index (κ3) is 3.48. The first-order chi connectivity index (χ1) is 10.1. The summed E-state index contributed by atoms with van der Waals surface area (Å²) in [7, 11) is 0. The second-order valence-corrected chi connectivity index (χ2v) is 7.02. The molecule has 0 atom stereocenters. The predicted molar refractivity (Wildman–Crippen MR) is 89.5 cm³/mol. The van der Waals surface area contributed by atoms with Crippen LogP contribution in [0.1, 0.15) is 20.8 Å². The fourth-order valence-electron chi connectivity index (χ4n) is 1.68. The van der Waals surface area contributed by atoms with Crippen molar-refractivity contribution in [2.24, 2.45) is 5.41 Å². The summed E-state index contributed by atoms with van der Waals surface area (Å²) >= 11 is 18.0. The second kappa shape index (κ2) is 5.99. The number of rotatable bonds is 2. The van der Waals surface area contributed by atoms with Crippen LogP contribution in [0.5, 0.6) is 0 Å². The number of aromatic amines is 1. The van der Waals surface area contributed by atoms with Gasteiger partial charge in [0.2, 0.25) is 5.91 Å². The van der Waals surface area contributed by atoms with Crippen LogP contribution in [0.15, 0.2) is 23.0 Å². The molecule has 0 saturated heterocycles. The molecule has 1 heterocycles. The Morgan fingerprint density at radius 3 is 2.18 bits per heavy atom. The highest BCUT2D eigenvalue weighted by Crippen LogP contribution is 2.31. The van der Waals surface area contributed by atoms with E-state index in [0.29, 0.717) is 5.02 Å². The maximum absolute atomic E-state index is 12.1. The first-order valence-corrected chi connectivity index (χ1v) is 7.51. The van der Waals surface area contributed by atoms with Crippen molar-refractivity contribution in [3.63, 3.8) is 0 Å². The lowest BCUT2D eigenvalue weighted by Crippen LogP contribution is -2.27. The van der Waals surface area contributed by atoms with Gasteiger partial charge in [0.25, 0.3) is 5.56 Å². The molecule has 22 heavy (non-hydrogen) atoms. The van der Waals surface area contributed by atoms with Crippen LogP contribution >= 0.6 is 34.8 Å². The van der Waals surface area contributed by atoms with E-state index < -0.39 is 11.0 Å². The van der Waals surface area contributed by atoms with E-state index in [1.54, 1.807) is 20.8 Å². The molecule has 0 fully saturated rings. The number of H-pyrrole nitrogens is 1. The lowest BCUT2D eigenvalue weighted by atomic mass is 9.96. The maximum Gasteiger partial charge on any atom is 0.273 e. The number of amides is 1. The van der Waals surface area contributed by atoms with E-state index >= 15 is 0 Å². The molecule has 8 heteroatoms. The Morgan fingerprint density at radius 1 is 1.14 bits per heavy atom. The number of hydrogen-bond donors (Lipinski definition) is 2. The van der Waals surface area contributed by atoms with Gasteiger partial charge in [-0.2, -0.15) is 0 Å². The Morgan fingerprint density at radius 2 is 1.68 bits per heavy atom. The molecule has 0 unspecified atom stereocenters. The fraction of sp³-hybridized carbons (Fsp3) is 0.286. The number of hydrogen-bond acceptors (Lipinski definition) is 2. The zero-order valence-electron chi connectivity index (χ0n) is 12.1. The standard InChI is InChI=1S/C14H14Cl3N3O2/c1-14(2,3)13(22)18-10-6-11(21)20(19-10)12-8(16)4-7(15)5-9(12)17/h4-6,19H,1-3H3,(H,18,22). The van der Waals surface area contributed by atoms with Gasteiger partial charge < -0.3 is 5.32 Å². The predicted octanol–water partition coefficient (Wildman–Crippen LogP) is 4.11. The number of carbonyl (C=O) groups is 1. The minimum atomic E-state index is -0.589. The van der Waals surface area contributed by atoms with E-state index in [0.717, 1.165) is 4.68 Å². The summed E-state index contributed by atoms with van der Waals surface area (Å²) in [6.07, 6.45) is 0. The van der Waals surface area contributed by atoms with E-state index in [-0.39, 0.29) is 27.5 Å². The SMILES string of the molecule is CC(C)(C)C(=O)Nc1cc(=O)n(-c2c(Cl)cc(Cl)cc2Cl)[nH]1. The van der Waals surface area contributed by atoms with Crippen LogP contribution in [0.2, 0.25) is 15.1 Å². The van der Waals surface area contributed by atoms with Gasteiger partial charge in [-0.25, -0.2) is 4.68 Å². The average Bonchev–Trinajstić information content (AvgIpc) is 2.67. The minimum absolute atomic E-state index is 0.218. The van der Waals surface area contributed by atoms with Crippen molar-refractivity contribution in [1.29, 1.82) is 0 Å². The summed E-state index contributed by atoms with van der Waals surface area (Å²) in [6.45, 7) is 5.30. The number of nitrogens with zero attached hydrogens (tertiary/aromatic N) is 1. The van der Waals surface area contributed by atoms with Gasteiger partial charge >= 0.3 is 0 Å². The Bertz CT molecular complexity index is 764. The van der Waals surface area contributed by atoms with Gasteiger partial charge in [0, 0.05) is 16.5 Å². The van der Waals surface area contributed by atoms with Crippen LogP contribution in [0.4, 0.5) is 5.82 Å². The molecule has 118 valence electrons. The lowest BCUT2D eigenvalue weighted by molar-refractivity contribution is -0.123. The molecular weight excluding hydrogens is 349 g/mol. The van der Waals surface area contributed by atoms with E-state index in [1.165, 1.54) is 18.2 Å². The summed E-state index contributed by atoms with van der Waals surface area (Å²) in [4.78, 5) is 24.0. The Balaban J connectivity index is 2.44. The normalized spacial score (nSPS) is 11.5. The van der Waals surface area contributed by atoms with Crippen molar-refractivity contribution in [3.05, 3.63) is 43.6 Å². The summed E-state index contributed by atoms with van der Waals surface area (Å²) in [5.74, 6) is 0.0289. The summed E-state index contributed by atoms with van der Waals surface area (Å²) in [6, 6.07) is 4.21. The average molecular weight is 363 g/mol.